The van der Waals surface area contributed by atoms with Crippen LogP contribution in [0.3, 0.4) is 0 Å². The van der Waals surface area contributed by atoms with E-state index >= 15 is 0 Å². The van der Waals surface area contributed by atoms with Crippen LogP contribution in [0, 0.1) is 0 Å². The van der Waals surface area contributed by atoms with E-state index in [0.717, 1.165) is 0 Å². The summed E-state index contributed by atoms with van der Waals surface area (Å²) in [7, 11) is 3.71. The molecule has 6 nitrogen and oxygen atoms in total. The van der Waals surface area contributed by atoms with Gasteiger partial charge in [-0.25, -0.2) is 0 Å². The number of hydrogen-bond acceptors (Lipinski definition) is 4. The topological polar surface area (TPSA) is 70.1 Å². The number of amides is 1. The molecule has 0 fully saturated rings. The van der Waals surface area contributed by atoms with Crippen molar-refractivity contribution in [1.82, 2.24) is 9.80 Å². The Hall–Kier alpha value is -1.79. The Morgan fingerprint density at radius 2 is 1.81 bits per heavy atom. The van der Waals surface area contributed by atoms with E-state index in [9.17, 15) is 9.59 Å². The summed E-state index contributed by atoms with van der Waals surface area (Å²) in [6, 6.07) is 6.61. The van der Waals surface area contributed by atoms with E-state index in [2.05, 4.69) is 0 Å². The molecule has 1 N–H and O–H groups in total. The fourth-order valence-corrected chi connectivity index (χ4v) is 1.67. The average Bonchev–Trinajstić information content (AvgIpc) is 2.42. The molecule has 7 heteroatoms. The zero-order valence-electron chi connectivity index (χ0n) is 12.1. The molecule has 116 valence electrons. The van der Waals surface area contributed by atoms with Crippen molar-refractivity contribution in [2.24, 2.45) is 0 Å². The number of ether oxygens (including phenoxy) is 1. The number of rotatable bonds is 8. The van der Waals surface area contributed by atoms with Crippen LogP contribution in [-0.2, 0) is 9.59 Å². The van der Waals surface area contributed by atoms with Gasteiger partial charge < -0.3 is 19.6 Å². The lowest BCUT2D eigenvalue weighted by molar-refractivity contribution is -0.145. The standard InChI is InChI=1S/C14H19ClN2O4/c1-16(2)7-8-17(9-14(19)20)13(18)10-21-12-5-3-11(15)4-6-12/h3-6H,7-10H2,1-2H3,(H,19,20). The predicted octanol–water partition coefficient (Wildman–Crippen LogP) is 1.19. The number of carbonyl (C=O) groups excluding carboxylic acids is 1. The highest BCUT2D eigenvalue weighted by Crippen LogP contribution is 2.15. The van der Waals surface area contributed by atoms with Gasteiger partial charge in [0.15, 0.2) is 6.61 Å². The molecule has 0 aliphatic heterocycles. The summed E-state index contributed by atoms with van der Waals surface area (Å²) in [6.07, 6.45) is 0. The fourth-order valence-electron chi connectivity index (χ4n) is 1.54. The quantitative estimate of drug-likeness (QED) is 0.780. The summed E-state index contributed by atoms with van der Waals surface area (Å²) in [5.74, 6) is -0.904. The molecule has 0 bridgehead atoms. The molecule has 1 rings (SSSR count). The molecule has 1 amide bonds. The summed E-state index contributed by atoms with van der Waals surface area (Å²) in [4.78, 5) is 26.0. The number of aliphatic carboxylic acids is 1. The molecule has 0 spiro atoms. The molecule has 0 unspecified atom stereocenters. The smallest absolute Gasteiger partial charge is 0.323 e. The Morgan fingerprint density at radius 1 is 1.19 bits per heavy atom. The molecule has 0 aliphatic carbocycles. The molecule has 0 saturated carbocycles. The Bertz CT molecular complexity index is 476. The van der Waals surface area contributed by atoms with Crippen LogP contribution < -0.4 is 4.74 Å². The predicted molar refractivity (Wildman–Crippen MR) is 79.7 cm³/mol. The summed E-state index contributed by atoms with van der Waals surface area (Å²) in [6.45, 7) is 0.376. The Balaban J connectivity index is 2.54. The van der Waals surface area contributed by atoms with Gasteiger partial charge >= 0.3 is 5.97 Å². The molecule has 1 aromatic rings. The lowest BCUT2D eigenvalue weighted by atomic mass is 10.3. The van der Waals surface area contributed by atoms with Crippen LogP contribution >= 0.6 is 11.6 Å². The van der Waals surface area contributed by atoms with Gasteiger partial charge in [0, 0.05) is 18.1 Å². The molecule has 0 radical (unpaired) electrons. The van der Waals surface area contributed by atoms with E-state index < -0.39 is 5.97 Å². The van der Waals surface area contributed by atoms with E-state index in [1.807, 2.05) is 19.0 Å². The largest absolute Gasteiger partial charge is 0.484 e. The number of likely N-dealkylation sites (N-methyl/N-ethyl adjacent to an activating group) is 1. The minimum atomic E-state index is -1.05. The van der Waals surface area contributed by atoms with Gasteiger partial charge in [-0.1, -0.05) is 11.6 Å². The number of hydrogen-bond donors (Lipinski definition) is 1. The van der Waals surface area contributed by atoms with Crippen LogP contribution in [0.4, 0.5) is 0 Å². The number of carbonyl (C=O) groups is 2. The third-order valence-corrected chi connectivity index (χ3v) is 2.92. The third-order valence-electron chi connectivity index (χ3n) is 2.67. The van der Waals surface area contributed by atoms with Crippen molar-refractivity contribution >= 4 is 23.5 Å². The van der Waals surface area contributed by atoms with Gasteiger partial charge in [-0.2, -0.15) is 0 Å². The lowest BCUT2D eigenvalue weighted by Gasteiger charge is -2.22. The Labute approximate surface area is 128 Å². The van der Waals surface area contributed by atoms with Gasteiger partial charge in [0.05, 0.1) is 0 Å². The third kappa shape index (κ3) is 6.97. The highest BCUT2D eigenvalue weighted by Gasteiger charge is 2.17. The van der Waals surface area contributed by atoms with E-state index in [0.29, 0.717) is 23.9 Å². The molecule has 0 atom stereocenters. The van der Waals surface area contributed by atoms with E-state index in [4.69, 9.17) is 21.4 Å². The van der Waals surface area contributed by atoms with Crippen molar-refractivity contribution in [3.8, 4) is 5.75 Å². The lowest BCUT2D eigenvalue weighted by Crippen LogP contribution is -2.42. The van der Waals surface area contributed by atoms with Crippen molar-refractivity contribution in [3.63, 3.8) is 0 Å². The number of carboxylic acid groups (broad SMARTS) is 1. The second kappa shape index (κ2) is 8.49. The van der Waals surface area contributed by atoms with Crippen LogP contribution in [0.1, 0.15) is 0 Å². The number of halogens is 1. The maximum Gasteiger partial charge on any atom is 0.323 e. The summed E-state index contributed by atoms with van der Waals surface area (Å²) in [5, 5.41) is 9.43. The molecule has 1 aromatic carbocycles. The average molecular weight is 315 g/mol. The number of benzene rings is 1. The van der Waals surface area contributed by atoms with Gasteiger partial charge in [0.1, 0.15) is 12.3 Å². The monoisotopic (exact) mass is 314 g/mol. The van der Waals surface area contributed by atoms with Crippen LogP contribution in [0.25, 0.3) is 0 Å². The molecule has 0 heterocycles. The normalized spacial score (nSPS) is 10.5. The first-order valence-electron chi connectivity index (χ1n) is 6.41. The first kappa shape index (κ1) is 17.3. The SMILES string of the molecule is CN(C)CCN(CC(=O)O)C(=O)COc1ccc(Cl)cc1. The Kier molecular flexibility index (Phi) is 6.98. The zero-order chi connectivity index (χ0) is 15.8. The van der Waals surface area contributed by atoms with Crippen LogP contribution in [0.5, 0.6) is 5.75 Å². The molecule has 21 heavy (non-hydrogen) atoms. The summed E-state index contributed by atoms with van der Waals surface area (Å²) < 4.78 is 5.34. The van der Waals surface area contributed by atoms with E-state index in [1.165, 1.54) is 4.90 Å². The van der Waals surface area contributed by atoms with E-state index in [1.54, 1.807) is 24.3 Å². The van der Waals surface area contributed by atoms with Crippen LogP contribution in [0.15, 0.2) is 24.3 Å². The molecule has 0 saturated heterocycles. The molecule has 0 aliphatic rings. The first-order valence-corrected chi connectivity index (χ1v) is 6.79. The Morgan fingerprint density at radius 3 is 2.33 bits per heavy atom. The van der Waals surface area contributed by atoms with Crippen molar-refractivity contribution < 1.29 is 19.4 Å². The first-order chi connectivity index (χ1) is 9.88. The summed E-state index contributed by atoms with van der Waals surface area (Å²) >= 11 is 5.75. The molecular weight excluding hydrogens is 296 g/mol. The second-order valence-electron chi connectivity index (χ2n) is 4.75. The van der Waals surface area contributed by atoms with Gasteiger partial charge in [-0.05, 0) is 38.4 Å². The van der Waals surface area contributed by atoms with Gasteiger partial charge in [0.2, 0.25) is 0 Å². The number of carboxylic acids is 1. The van der Waals surface area contributed by atoms with Gasteiger partial charge in [0.25, 0.3) is 5.91 Å². The second-order valence-corrected chi connectivity index (χ2v) is 5.19. The van der Waals surface area contributed by atoms with Crippen molar-refractivity contribution in [2.45, 2.75) is 0 Å². The van der Waals surface area contributed by atoms with Gasteiger partial charge in [-0.3, -0.25) is 9.59 Å². The molecular formula is C14H19ClN2O4. The van der Waals surface area contributed by atoms with Gasteiger partial charge in [-0.15, -0.1) is 0 Å². The summed E-state index contributed by atoms with van der Waals surface area (Å²) in [5.41, 5.74) is 0. The van der Waals surface area contributed by atoms with Crippen molar-refractivity contribution in [3.05, 3.63) is 29.3 Å². The highest BCUT2D eigenvalue weighted by molar-refractivity contribution is 6.30. The van der Waals surface area contributed by atoms with Crippen molar-refractivity contribution in [1.29, 1.82) is 0 Å². The number of nitrogens with zero attached hydrogens (tertiary/aromatic N) is 2. The van der Waals surface area contributed by atoms with Crippen LogP contribution in [-0.4, -0.2) is 67.1 Å². The van der Waals surface area contributed by atoms with E-state index in [-0.39, 0.29) is 19.1 Å². The van der Waals surface area contributed by atoms with Crippen LogP contribution in [0.2, 0.25) is 5.02 Å². The maximum atomic E-state index is 12.0. The molecule has 0 aromatic heterocycles. The minimum absolute atomic E-state index is 0.206. The highest BCUT2D eigenvalue weighted by atomic mass is 35.5. The minimum Gasteiger partial charge on any atom is -0.484 e. The zero-order valence-corrected chi connectivity index (χ0v) is 12.8. The van der Waals surface area contributed by atoms with Crippen molar-refractivity contribution in [2.75, 3.05) is 40.3 Å². The fraction of sp³-hybridized carbons (Fsp3) is 0.429. The maximum absolute atomic E-state index is 12.0.